The quantitative estimate of drug-likeness (QED) is 0.254. The van der Waals surface area contributed by atoms with Gasteiger partial charge in [-0.3, -0.25) is 0 Å². The molecule has 31 heavy (non-hydrogen) atoms. The van der Waals surface area contributed by atoms with Crippen molar-refractivity contribution in [1.82, 2.24) is 4.98 Å². The van der Waals surface area contributed by atoms with E-state index in [0.717, 1.165) is 16.1 Å². The molecule has 0 fully saturated rings. The second-order valence-corrected chi connectivity index (χ2v) is 11.1. The summed E-state index contributed by atoms with van der Waals surface area (Å²) in [4.78, 5) is 3.70. The van der Waals surface area contributed by atoms with Gasteiger partial charge in [-0.1, -0.05) is 47.6 Å². The fourth-order valence-electron chi connectivity index (χ4n) is 3.90. The van der Waals surface area contributed by atoms with E-state index in [1.165, 1.54) is 33.0 Å². The monoisotopic (exact) mass is 435 g/mol. The van der Waals surface area contributed by atoms with Crippen LogP contribution in [0.5, 0.6) is 5.06 Å². The van der Waals surface area contributed by atoms with Gasteiger partial charge < -0.3 is 14.5 Å². The van der Waals surface area contributed by atoms with Crippen molar-refractivity contribution in [3.63, 3.8) is 0 Å². The summed E-state index contributed by atoms with van der Waals surface area (Å²) in [6.45, 7) is 16.5. The Morgan fingerprint density at radius 3 is 2.23 bits per heavy atom. The molecule has 4 aromatic rings. The summed E-state index contributed by atoms with van der Waals surface area (Å²) in [5, 5.41) is 5.54. The summed E-state index contributed by atoms with van der Waals surface area (Å²) < 4.78 is 11.4. The van der Waals surface area contributed by atoms with Gasteiger partial charge in [0.05, 0.1) is 5.52 Å². The zero-order chi connectivity index (χ0) is 22.4. The van der Waals surface area contributed by atoms with Gasteiger partial charge in [-0.2, -0.15) is 0 Å². The average Bonchev–Trinajstić information content (AvgIpc) is 3.30. The van der Waals surface area contributed by atoms with Gasteiger partial charge in [0.1, 0.15) is 0 Å². The normalized spacial score (nSPS) is 12.7. The third kappa shape index (κ3) is 4.24. The largest absolute Gasteiger partial charge is 0.457 e. The van der Waals surface area contributed by atoms with Crippen molar-refractivity contribution < 1.29 is 9.47 Å². The predicted octanol–water partition coefficient (Wildman–Crippen LogP) is 8.02. The number of hydrogen-bond acceptors (Lipinski definition) is 3. The van der Waals surface area contributed by atoms with Crippen LogP contribution < -0.4 is 4.74 Å². The van der Waals surface area contributed by atoms with Crippen molar-refractivity contribution >= 4 is 33.1 Å². The van der Waals surface area contributed by atoms with Crippen LogP contribution in [0.15, 0.2) is 41.8 Å². The number of aromatic amines is 1. The first-order valence-electron chi connectivity index (χ1n) is 11.0. The average molecular weight is 436 g/mol. The van der Waals surface area contributed by atoms with Gasteiger partial charge in [0, 0.05) is 34.0 Å². The topological polar surface area (TPSA) is 34.2 Å². The molecule has 0 aliphatic heterocycles. The number of rotatable bonds is 5. The van der Waals surface area contributed by atoms with Crippen LogP contribution in [-0.4, -0.2) is 18.4 Å². The molecule has 2 aromatic heterocycles. The van der Waals surface area contributed by atoms with Gasteiger partial charge in [0.15, 0.2) is 11.9 Å². The molecular weight excluding hydrogens is 402 g/mol. The lowest BCUT2D eigenvalue weighted by atomic mass is 9.83. The maximum Gasteiger partial charge on any atom is 0.190 e. The Hall–Kier alpha value is -2.30. The predicted molar refractivity (Wildman–Crippen MR) is 134 cm³/mol. The number of fused-ring (bicyclic) bond motifs is 3. The van der Waals surface area contributed by atoms with E-state index in [0.29, 0.717) is 6.61 Å². The first-order valence-corrected chi connectivity index (χ1v) is 11.9. The molecule has 0 radical (unpaired) electrons. The van der Waals surface area contributed by atoms with Crippen LogP contribution in [0, 0.1) is 0 Å². The minimum atomic E-state index is 0.0382. The smallest absolute Gasteiger partial charge is 0.190 e. The molecule has 2 heterocycles. The number of aromatic nitrogens is 1. The van der Waals surface area contributed by atoms with Crippen molar-refractivity contribution in [2.24, 2.45) is 0 Å². The minimum Gasteiger partial charge on any atom is -0.457 e. The number of H-pyrrole nitrogens is 1. The summed E-state index contributed by atoms with van der Waals surface area (Å²) in [5.74, 6) is 0. The molecule has 2 aromatic carbocycles. The van der Waals surface area contributed by atoms with Gasteiger partial charge in [0.25, 0.3) is 0 Å². The molecule has 0 saturated heterocycles. The highest BCUT2D eigenvalue weighted by Gasteiger charge is 2.22. The molecule has 1 N–H and O–H groups in total. The fourth-order valence-corrected chi connectivity index (χ4v) is 4.65. The molecule has 0 spiro atoms. The number of thiophene rings is 1. The van der Waals surface area contributed by atoms with E-state index in [4.69, 9.17) is 9.47 Å². The number of benzene rings is 2. The summed E-state index contributed by atoms with van der Waals surface area (Å²) >= 11 is 1.61. The van der Waals surface area contributed by atoms with Gasteiger partial charge in [0.2, 0.25) is 0 Å². The van der Waals surface area contributed by atoms with Crippen molar-refractivity contribution in [2.45, 2.75) is 59.3 Å². The SMILES string of the molecule is CCOCOc1sccc1-c1cc(C(C)(C)C)cc2c1[nH]c1ccc(C(C)(C)C)cc12. The zero-order valence-electron chi connectivity index (χ0n) is 19.7. The molecule has 4 heteroatoms. The highest BCUT2D eigenvalue weighted by molar-refractivity contribution is 7.12. The molecule has 0 bridgehead atoms. The first-order chi connectivity index (χ1) is 14.6. The van der Waals surface area contributed by atoms with Crippen LogP contribution >= 0.6 is 11.3 Å². The highest BCUT2D eigenvalue weighted by Crippen LogP contribution is 2.43. The van der Waals surface area contributed by atoms with E-state index >= 15 is 0 Å². The van der Waals surface area contributed by atoms with E-state index in [9.17, 15) is 0 Å². The Kier molecular flexibility index (Phi) is 5.65. The molecular formula is C27H33NO2S. The Morgan fingerprint density at radius 1 is 0.839 bits per heavy atom. The maximum absolute atomic E-state index is 5.97. The second kappa shape index (κ2) is 7.99. The Bertz CT molecular complexity index is 1220. The molecule has 0 aliphatic carbocycles. The van der Waals surface area contributed by atoms with E-state index in [1.807, 2.05) is 6.92 Å². The highest BCUT2D eigenvalue weighted by atomic mass is 32.1. The van der Waals surface area contributed by atoms with E-state index in [2.05, 4.69) is 88.3 Å². The number of ether oxygens (including phenoxy) is 2. The lowest BCUT2D eigenvalue weighted by molar-refractivity contribution is 0.0250. The third-order valence-corrected chi connectivity index (χ3v) is 6.66. The fraction of sp³-hybridized carbons (Fsp3) is 0.407. The lowest BCUT2D eigenvalue weighted by Crippen LogP contribution is -2.11. The van der Waals surface area contributed by atoms with Crippen LogP contribution in [0.2, 0.25) is 0 Å². The maximum atomic E-state index is 5.97. The van der Waals surface area contributed by atoms with Crippen molar-refractivity contribution in [3.8, 4) is 16.2 Å². The zero-order valence-corrected chi connectivity index (χ0v) is 20.5. The molecule has 164 valence electrons. The minimum absolute atomic E-state index is 0.0382. The van der Waals surface area contributed by atoms with Crippen LogP contribution in [0.25, 0.3) is 32.9 Å². The summed E-state index contributed by atoms with van der Waals surface area (Å²) in [7, 11) is 0. The summed E-state index contributed by atoms with van der Waals surface area (Å²) in [6, 6.07) is 13.6. The molecule has 0 amide bonds. The Balaban J connectivity index is 1.98. The van der Waals surface area contributed by atoms with Gasteiger partial charge in [-0.15, -0.1) is 11.3 Å². The van der Waals surface area contributed by atoms with Gasteiger partial charge >= 0.3 is 0 Å². The van der Waals surface area contributed by atoms with Crippen molar-refractivity contribution in [1.29, 1.82) is 0 Å². The van der Waals surface area contributed by atoms with Gasteiger partial charge in [-0.25, -0.2) is 0 Å². The lowest BCUT2D eigenvalue weighted by Gasteiger charge is -2.21. The second-order valence-electron chi connectivity index (χ2n) is 10.2. The first kappa shape index (κ1) is 21.9. The Labute approximate surface area is 189 Å². The number of hydrogen-bond donors (Lipinski definition) is 1. The molecule has 0 aliphatic rings. The molecule has 0 saturated carbocycles. The van der Waals surface area contributed by atoms with Crippen molar-refractivity contribution in [3.05, 3.63) is 52.9 Å². The van der Waals surface area contributed by atoms with Crippen LogP contribution in [-0.2, 0) is 15.6 Å². The molecule has 4 rings (SSSR count). The van der Waals surface area contributed by atoms with E-state index in [-0.39, 0.29) is 17.6 Å². The van der Waals surface area contributed by atoms with E-state index in [1.54, 1.807) is 11.3 Å². The molecule has 3 nitrogen and oxygen atoms in total. The summed E-state index contributed by atoms with van der Waals surface area (Å²) in [6.07, 6.45) is 0. The number of nitrogens with one attached hydrogen (secondary N) is 1. The third-order valence-electron chi connectivity index (χ3n) is 5.84. The molecule has 0 atom stereocenters. The van der Waals surface area contributed by atoms with Crippen LogP contribution in [0.3, 0.4) is 0 Å². The standard InChI is InChI=1S/C27H33NO2S/c1-8-29-16-30-25-19(11-12-31-25)21-14-18(27(5,6)7)15-22-20-13-17(26(2,3)4)9-10-23(20)28-24(21)22/h9-15,28H,8,16H2,1-7H3. The summed E-state index contributed by atoms with van der Waals surface area (Å²) in [5.41, 5.74) is 7.44. The van der Waals surface area contributed by atoms with Crippen LogP contribution in [0.1, 0.15) is 59.6 Å². The molecule has 0 unspecified atom stereocenters. The van der Waals surface area contributed by atoms with Crippen molar-refractivity contribution in [2.75, 3.05) is 13.4 Å². The Morgan fingerprint density at radius 2 is 1.55 bits per heavy atom. The van der Waals surface area contributed by atoms with Crippen LogP contribution in [0.4, 0.5) is 0 Å². The van der Waals surface area contributed by atoms with Gasteiger partial charge in [-0.05, 0) is 64.6 Å². The van der Waals surface area contributed by atoms with E-state index < -0.39 is 0 Å².